The molecule has 0 bridgehead atoms. The number of hydrogen-bond donors (Lipinski definition) is 0. The lowest BCUT2D eigenvalue weighted by Gasteiger charge is -2.31. The zero-order chi connectivity index (χ0) is 16.1. The van der Waals surface area contributed by atoms with Crippen LogP contribution in [-0.4, -0.2) is 41.6 Å². The number of nitrogens with zero attached hydrogens (tertiary/aromatic N) is 5. The summed E-state index contributed by atoms with van der Waals surface area (Å²) in [6, 6.07) is 6.12. The molecule has 1 saturated heterocycles. The van der Waals surface area contributed by atoms with E-state index >= 15 is 0 Å². The zero-order valence-corrected chi connectivity index (χ0v) is 14.0. The molecule has 0 N–H and O–H groups in total. The molecule has 0 amide bonds. The van der Waals surface area contributed by atoms with Crippen molar-refractivity contribution in [1.82, 2.24) is 15.0 Å². The summed E-state index contributed by atoms with van der Waals surface area (Å²) in [7, 11) is 2.09. The number of likely N-dealkylation sites (N-methyl/N-ethyl adjacent to an activating group) is 1. The summed E-state index contributed by atoms with van der Waals surface area (Å²) in [5.41, 5.74) is 1.30. The molecule has 0 aliphatic carbocycles. The molecule has 0 saturated carbocycles. The highest BCUT2D eigenvalue weighted by Crippen LogP contribution is 2.21. The molecule has 122 valence electrons. The first-order valence-electron chi connectivity index (χ1n) is 8.40. The second-order valence-electron chi connectivity index (χ2n) is 6.44. The first kappa shape index (κ1) is 15.7. The van der Waals surface area contributed by atoms with Crippen molar-refractivity contribution >= 4 is 11.8 Å². The normalized spacial score (nSPS) is 18.0. The Kier molecular flexibility index (Phi) is 5.05. The van der Waals surface area contributed by atoms with Gasteiger partial charge in [-0.25, -0.2) is 4.98 Å². The van der Waals surface area contributed by atoms with Crippen molar-refractivity contribution < 1.29 is 0 Å². The van der Waals surface area contributed by atoms with Crippen LogP contribution in [0.4, 0.5) is 11.8 Å². The smallest absolute Gasteiger partial charge is 0.227 e. The molecular weight excluding hydrogens is 286 g/mol. The maximum absolute atomic E-state index is 4.77. The van der Waals surface area contributed by atoms with E-state index in [2.05, 4.69) is 45.9 Å². The van der Waals surface area contributed by atoms with Gasteiger partial charge in [0.15, 0.2) is 0 Å². The topological polar surface area (TPSA) is 45.2 Å². The first-order chi connectivity index (χ1) is 11.2. The lowest BCUT2D eigenvalue weighted by molar-refractivity contribution is 0.442. The highest BCUT2D eigenvalue weighted by atomic mass is 15.3. The van der Waals surface area contributed by atoms with Crippen LogP contribution >= 0.6 is 0 Å². The van der Waals surface area contributed by atoms with Gasteiger partial charge in [-0.3, -0.25) is 4.98 Å². The molecule has 23 heavy (non-hydrogen) atoms. The Bertz CT molecular complexity index is 616. The first-order valence-corrected chi connectivity index (χ1v) is 8.40. The minimum absolute atomic E-state index is 0.723. The summed E-state index contributed by atoms with van der Waals surface area (Å²) in [5.74, 6) is 2.58. The largest absolute Gasteiger partial charge is 0.359 e. The maximum atomic E-state index is 4.77. The Balaban J connectivity index is 1.64. The van der Waals surface area contributed by atoms with Crippen molar-refractivity contribution in [2.24, 2.45) is 5.92 Å². The Morgan fingerprint density at radius 1 is 1.22 bits per heavy atom. The van der Waals surface area contributed by atoms with Gasteiger partial charge in [0.25, 0.3) is 0 Å². The van der Waals surface area contributed by atoms with Crippen LogP contribution in [0, 0.1) is 5.92 Å². The molecule has 3 rings (SSSR count). The highest BCUT2D eigenvalue weighted by molar-refractivity contribution is 5.43. The average Bonchev–Trinajstić information content (AvgIpc) is 2.61. The molecular formula is C18H25N5. The molecule has 3 heterocycles. The molecule has 2 aromatic heterocycles. The number of anilines is 2. The average molecular weight is 311 g/mol. The van der Waals surface area contributed by atoms with E-state index in [1.165, 1.54) is 18.4 Å². The van der Waals surface area contributed by atoms with E-state index in [4.69, 9.17) is 4.98 Å². The van der Waals surface area contributed by atoms with Gasteiger partial charge < -0.3 is 9.80 Å². The fourth-order valence-corrected chi connectivity index (χ4v) is 3.04. The van der Waals surface area contributed by atoms with Crippen LogP contribution in [0.2, 0.25) is 0 Å². The second kappa shape index (κ2) is 7.40. The molecule has 1 atom stereocenters. The van der Waals surface area contributed by atoms with Crippen LogP contribution in [0.25, 0.3) is 0 Å². The number of aromatic nitrogens is 3. The Hall–Kier alpha value is -2.17. The van der Waals surface area contributed by atoms with Gasteiger partial charge in [-0.1, -0.05) is 6.92 Å². The third-order valence-electron chi connectivity index (χ3n) is 4.44. The third-order valence-corrected chi connectivity index (χ3v) is 4.44. The van der Waals surface area contributed by atoms with Crippen molar-refractivity contribution in [3.63, 3.8) is 0 Å². The van der Waals surface area contributed by atoms with Crippen LogP contribution in [0.15, 0.2) is 36.8 Å². The molecule has 5 heteroatoms. The Morgan fingerprint density at radius 2 is 2.04 bits per heavy atom. The van der Waals surface area contributed by atoms with E-state index in [0.29, 0.717) is 0 Å². The van der Waals surface area contributed by atoms with Crippen LogP contribution in [-0.2, 0) is 6.42 Å². The molecule has 1 unspecified atom stereocenters. The summed E-state index contributed by atoms with van der Waals surface area (Å²) in [6.07, 6.45) is 9.08. The predicted octanol–water partition coefficient (Wildman–Crippen LogP) is 2.79. The lowest BCUT2D eigenvalue weighted by atomic mass is 10.0. The fourth-order valence-electron chi connectivity index (χ4n) is 3.04. The molecule has 1 aliphatic rings. The number of piperidine rings is 1. The summed E-state index contributed by atoms with van der Waals surface area (Å²) in [6.45, 7) is 5.35. The minimum Gasteiger partial charge on any atom is -0.359 e. The van der Waals surface area contributed by atoms with Gasteiger partial charge in [0.05, 0.1) is 0 Å². The van der Waals surface area contributed by atoms with E-state index in [1.807, 2.05) is 24.7 Å². The van der Waals surface area contributed by atoms with Gasteiger partial charge in [0.2, 0.25) is 5.95 Å². The van der Waals surface area contributed by atoms with E-state index < -0.39 is 0 Å². The van der Waals surface area contributed by atoms with Crippen LogP contribution in [0.3, 0.4) is 0 Å². The Morgan fingerprint density at radius 3 is 2.83 bits per heavy atom. The number of pyridine rings is 1. The van der Waals surface area contributed by atoms with E-state index in [-0.39, 0.29) is 0 Å². The second-order valence-corrected chi connectivity index (χ2v) is 6.44. The van der Waals surface area contributed by atoms with E-state index in [0.717, 1.165) is 43.7 Å². The van der Waals surface area contributed by atoms with E-state index in [1.54, 1.807) is 0 Å². The quantitative estimate of drug-likeness (QED) is 0.849. The molecule has 5 nitrogen and oxygen atoms in total. The molecule has 1 fully saturated rings. The Labute approximate surface area is 138 Å². The zero-order valence-electron chi connectivity index (χ0n) is 14.0. The maximum Gasteiger partial charge on any atom is 0.227 e. The van der Waals surface area contributed by atoms with Crippen molar-refractivity contribution in [2.45, 2.75) is 26.2 Å². The van der Waals surface area contributed by atoms with Crippen LogP contribution < -0.4 is 9.80 Å². The lowest BCUT2D eigenvalue weighted by Crippen LogP contribution is -2.35. The van der Waals surface area contributed by atoms with Crippen LogP contribution in [0.5, 0.6) is 0 Å². The van der Waals surface area contributed by atoms with Gasteiger partial charge in [-0.15, -0.1) is 0 Å². The molecule has 2 aromatic rings. The molecule has 1 aliphatic heterocycles. The predicted molar refractivity (Wildman–Crippen MR) is 93.9 cm³/mol. The van der Waals surface area contributed by atoms with Gasteiger partial charge in [-0.2, -0.15) is 4.98 Å². The SMILES string of the molecule is CC1CCCN(c2nccc(N(C)CCc3ccncc3)n2)C1. The van der Waals surface area contributed by atoms with Crippen molar-refractivity contribution in [1.29, 1.82) is 0 Å². The van der Waals surface area contributed by atoms with Gasteiger partial charge >= 0.3 is 0 Å². The monoisotopic (exact) mass is 311 g/mol. The minimum atomic E-state index is 0.723. The van der Waals surface area contributed by atoms with Crippen molar-refractivity contribution in [3.05, 3.63) is 42.4 Å². The van der Waals surface area contributed by atoms with E-state index in [9.17, 15) is 0 Å². The van der Waals surface area contributed by atoms with Crippen LogP contribution in [0.1, 0.15) is 25.3 Å². The summed E-state index contributed by atoms with van der Waals surface area (Å²) >= 11 is 0. The highest BCUT2D eigenvalue weighted by Gasteiger charge is 2.19. The third kappa shape index (κ3) is 4.18. The summed E-state index contributed by atoms with van der Waals surface area (Å²) < 4.78 is 0. The standard InChI is InChI=1S/C18H25N5/c1-15-4-3-12-23(14-15)18-20-11-7-17(21-18)22(2)13-8-16-5-9-19-10-6-16/h5-7,9-11,15H,3-4,8,12-14H2,1-2H3. The van der Waals surface area contributed by atoms with Gasteiger partial charge in [0.1, 0.15) is 5.82 Å². The van der Waals surface area contributed by atoms with Gasteiger partial charge in [0, 0.05) is 45.3 Å². The number of hydrogen-bond acceptors (Lipinski definition) is 5. The van der Waals surface area contributed by atoms with Gasteiger partial charge in [-0.05, 0) is 48.9 Å². The molecule has 0 spiro atoms. The number of rotatable bonds is 5. The summed E-state index contributed by atoms with van der Waals surface area (Å²) in [5, 5.41) is 0. The summed E-state index contributed by atoms with van der Waals surface area (Å²) in [4.78, 5) is 17.8. The molecule has 0 radical (unpaired) electrons. The van der Waals surface area contributed by atoms with Crippen molar-refractivity contribution in [3.8, 4) is 0 Å². The van der Waals surface area contributed by atoms with Crippen molar-refractivity contribution in [2.75, 3.05) is 36.5 Å². The fraction of sp³-hybridized carbons (Fsp3) is 0.500. The molecule has 0 aromatic carbocycles.